The summed E-state index contributed by atoms with van der Waals surface area (Å²) in [6, 6.07) is 7.83. The summed E-state index contributed by atoms with van der Waals surface area (Å²) in [6.45, 7) is 0. The number of carbonyl (C=O) groups excluding carboxylic acids is 1. The Bertz CT molecular complexity index is 577. The summed E-state index contributed by atoms with van der Waals surface area (Å²) in [4.78, 5) is 12.4. The van der Waals surface area contributed by atoms with Crippen molar-refractivity contribution < 1.29 is 9.53 Å². The van der Waals surface area contributed by atoms with Crippen LogP contribution in [0.5, 0.6) is 5.75 Å². The molecule has 3 rings (SSSR count). The van der Waals surface area contributed by atoms with Crippen LogP contribution in [-0.4, -0.2) is 24.4 Å². The smallest absolute Gasteiger partial charge is 0.186 e. The Morgan fingerprint density at radius 2 is 1.80 bits per heavy atom. The van der Waals surface area contributed by atoms with Crippen LogP contribution in [0.3, 0.4) is 0 Å². The molecule has 4 heteroatoms. The number of thioether (sulfide) groups is 2. The van der Waals surface area contributed by atoms with Gasteiger partial charge in [-0.25, -0.2) is 0 Å². The van der Waals surface area contributed by atoms with Crippen molar-refractivity contribution in [1.82, 2.24) is 0 Å². The first-order valence-electron chi connectivity index (χ1n) is 6.66. The molecule has 1 aromatic carbocycles. The van der Waals surface area contributed by atoms with Crippen LogP contribution in [-0.2, 0) is 4.79 Å². The summed E-state index contributed by atoms with van der Waals surface area (Å²) in [5.74, 6) is 3.35. The lowest BCUT2D eigenvalue weighted by Gasteiger charge is -2.01. The van der Waals surface area contributed by atoms with E-state index < -0.39 is 0 Å². The number of benzene rings is 1. The largest absolute Gasteiger partial charge is 0.497 e. The minimum Gasteiger partial charge on any atom is -0.497 e. The molecule has 1 saturated heterocycles. The molecule has 1 aromatic rings. The fraction of sp³-hybridized carbons (Fsp3) is 0.312. The lowest BCUT2D eigenvalue weighted by molar-refractivity contribution is -0.111. The Labute approximate surface area is 127 Å². The highest BCUT2D eigenvalue weighted by molar-refractivity contribution is 8.25. The van der Waals surface area contributed by atoms with E-state index in [-0.39, 0.29) is 5.78 Å². The summed E-state index contributed by atoms with van der Waals surface area (Å²) in [5.41, 5.74) is 3.04. The second-order valence-corrected chi connectivity index (χ2v) is 7.20. The van der Waals surface area contributed by atoms with Gasteiger partial charge in [-0.3, -0.25) is 4.79 Å². The number of carbonyl (C=O) groups is 1. The Hall–Kier alpha value is -1.13. The summed E-state index contributed by atoms with van der Waals surface area (Å²) in [7, 11) is 1.66. The predicted octanol–water partition coefficient (Wildman–Crippen LogP) is 4.13. The van der Waals surface area contributed by atoms with E-state index in [4.69, 9.17) is 4.74 Å². The quantitative estimate of drug-likeness (QED) is 0.767. The fourth-order valence-electron chi connectivity index (χ4n) is 2.40. The minimum absolute atomic E-state index is 0.248. The second-order valence-electron chi connectivity index (χ2n) is 4.73. The molecule has 0 atom stereocenters. The summed E-state index contributed by atoms with van der Waals surface area (Å²) in [6.07, 6.45) is 3.78. The number of Topliss-reactive ketones (excluding diaryl/α,β-unsaturated/α-hetero) is 1. The van der Waals surface area contributed by atoms with Crippen LogP contribution >= 0.6 is 23.5 Å². The zero-order valence-electron chi connectivity index (χ0n) is 11.3. The molecular weight excluding hydrogens is 288 g/mol. The Balaban J connectivity index is 1.82. The van der Waals surface area contributed by atoms with E-state index in [0.29, 0.717) is 0 Å². The Morgan fingerprint density at radius 1 is 1.10 bits per heavy atom. The van der Waals surface area contributed by atoms with Crippen LogP contribution in [0.15, 0.2) is 39.6 Å². The van der Waals surface area contributed by atoms with Crippen LogP contribution < -0.4 is 4.74 Å². The molecule has 1 aliphatic heterocycles. The van der Waals surface area contributed by atoms with E-state index in [2.05, 4.69) is 0 Å². The third kappa shape index (κ3) is 2.81. The van der Waals surface area contributed by atoms with Crippen molar-refractivity contribution in [2.24, 2.45) is 0 Å². The van der Waals surface area contributed by atoms with Crippen LogP contribution in [0.2, 0.25) is 0 Å². The van der Waals surface area contributed by atoms with Crippen molar-refractivity contribution >= 4 is 35.4 Å². The molecular formula is C16H16O2S2. The van der Waals surface area contributed by atoms with Crippen LogP contribution in [0.25, 0.3) is 6.08 Å². The van der Waals surface area contributed by atoms with Gasteiger partial charge in [-0.1, -0.05) is 12.1 Å². The summed E-state index contributed by atoms with van der Waals surface area (Å²) in [5, 5.41) is 0. The first-order valence-corrected chi connectivity index (χ1v) is 8.63. The van der Waals surface area contributed by atoms with Gasteiger partial charge in [-0.2, -0.15) is 0 Å². The summed E-state index contributed by atoms with van der Waals surface area (Å²) >= 11 is 3.67. The highest BCUT2D eigenvalue weighted by Crippen LogP contribution is 2.43. The fourth-order valence-corrected chi connectivity index (χ4v) is 5.01. The van der Waals surface area contributed by atoms with Gasteiger partial charge < -0.3 is 4.74 Å². The molecule has 0 aromatic heterocycles. The number of rotatable bonds is 2. The number of ketones is 1. The molecule has 0 bridgehead atoms. The van der Waals surface area contributed by atoms with Gasteiger partial charge in [0.2, 0.25) is 0 Å². The monoisotopic (exact) mass is 304 g/mol. The molecule has 1 saturated carbocycles. The number of hydrogen-bond acceptors (Lipinski definition) is 4. The number of methoxy groups -OCH3 is 1. The van der Waals surface area contributed by atoms with Crippen molar-refractivity contribution in [3.63, 3.8) is 0 Å². The zero-order chi connectivity index (χ0) is 13.9. The van der Waals surface area contributed by atoms with Crippen molar-refractivity contribution in [3.8, 4) is 5.75 Å². The molecule has 0 unspecified atom stereocenters. The average molecular weight is 304 g/mol. The van der Waals surface area contributed by atoms with Crippen molar-refractivity contribution in [1.29, 1.82) is 0 Å². The normalized spacial score (nSPS) is 21.1. The number of allylic oxidation sites excluding steroid dienone is 2. The Kier molecular flexibility index (Phi) is 4.22. The van der Waals surface area contributed by atoms with Crippen LogP contribution in [0.1, 0.15) is 18.4 Å². The third-order valence-corrected chi connectivity index (χ3v) is 6.26. The predicted molar refractivity (Wildman–Crippen MR) is 87.2 cm³/mol. The van der Waals surface area contributed by atoms with Gasteiger partial charge in [0, 0.05) is 26.9 Å². The number of ether oxygens (including phenoxy) is 1. The second kappa shape index (κ2) is 6.10. The molecule has 2 nitrogen and oxygen atoms in total. The van der Waals surface area contributed by atoms with Gasteiger partial charge in [0.05, 0.1) is 7.11 Å². The molecule has 1 heterocycles. The summed E-state index contributed by atoms with van der Waals surface area (Å²) < 4.78 is 6.40. The third-order valence-electron chi connectivity index (χ3n) is 3.46. The standard InChI is InChI=1S/C16H16O2S2/c1-18-13-5-2-11(3-6-13)10-12-4-7-14(15(12)17)16-19-8-9-20-16/h2-3,5-6,10H,4,7-9H2,1H3. The van der Waals surface area contributed by atoms with Crippen molar-refractivity contribution in [2.75, 3.05) is 18.6 Å². The van der Waals surface area contributed by atoms with E-state index in [1.54, 1.807) is 7.11 Å². The number of hydrogen-bond donors (Lipinski definition) is 0. The molecule has 2 fully saturated rings. The molecule has 0 amide bonds. The first kappa shape index (κ1) is 13.8. The van der Waals surface area contributed by atoms with Gasteiger partial charge in [0.15, 0.2) is 5.78 Å². The molecule has 104 valence electrons. The van der Waals surface area contributed by atoms with Crippen molar-refractivity contribution in [2.45, 2.75) is 12.8 Å². The molecule has 0 N–H and O–H groups in total. The van der Waals surface area contributed by atoms with Gasteiger partial charge in [0.1, 0.15) is 5.75 Å². The van der Waals surface area contributed by atoms with E-state index in [1.807, 2.05) is 53.9 Å². The van der Waals surface area contributed by atoms with Gasteiger partial charge in [-0.05, 0) is 36.6 Å². The molecule has 0 radical (unpaired) electrons. The molecule has 2 aliphatic rings. The lowest BCUT2D eigenvalue weighted by atomic mass is 10.1. The van der Waals surface area contributed by atoms with E-state index in [0.717, 1.165) is 46.8 Å². The maximum absolute atomic E-state index is 12.4. The highest BCUT2D eigenvalue weighted by Gasteiger charge is 2.28. The maximum atomic E-state index is 12.4. The Morgan fingerprint density at radius 3 is 2.45 bits per heavy atom. The van der Waals surface area contributed by atoms with Crippen LogP contribution in [0.4, 0.5) is 0 Å². The maximum Gasteiger partial charge on any atom is 0.186 e. The zero-order valence-corrected chi connectivity index (χ0v) is 13.0. The van der Waals surface area contributed by atoms with Gasteiger partial charge in [0.25, 0.3) is 0 Å². The lowest BCUT2D eigenvalue weighted by Crippen LogP contribution is -1.96. The van der Waals surface area contributed by atoms with E-state index in [9.17, 15) is 4.79 Å². The highest BCUT2D eigenvalue weighted by atomic mass is 32.2. The van der Waals surface area contributed by atoms with E-state index in [1.165, 1.54) is 4.24 Å². The minimum atomic E-state index is 0.248. The van der Waals surface area contributed by atoms with Gasteiger partial charge >= 0.3 is 0 Å². The molecule has 20 heavy (non-hydrogen) atoms. The molecule has 0 spiro atoms. The van der Waals surface area contributed by atoms with Crippen LogP contribution in [0, 0.1) is 0 Å². The molecule has 1 aliphatic carbocycles. The topological polar surface area (TPSA) is 26.3 Å². The van der Waals surface area contributed by atoms with Gasteiger partial charge in [-0.15, -0.1) is 23.5 Å². The SMILES string of the molecule is COc1ccc(C=C2CCC(=C3SCCS3)C2=O)cc1. The van der Waals surface area contributed by atoms with E-state index >= 15 is 0 Å². The first-order chi connectivity index (χ1) is 9.78. The average Bonchev–Trinajstić information content (AvgIpc) is 3.11. The van der Waals surface area contributed by atoms with Crippen molar-refractivity contribution in [3.05, 3.63) is 45.2 Å².